The molecular weight excluding hydrogens is 226 g/mol. The van der Waals surface area contributed by atoms with Crippen molar-refractivity contribution in [1.29, 1.82) is 0 Å². The van der Waals surface area contributed by atoms with Gasteiger partial charge in [-0.25, -0.2) is 9.97 Å². The molecule has 2 aromatic rings. The topological polar surface area (TPSA) is 61.0 Å². The zero-order valence-corrected chi connectivity index (χ0v) is 11.1. The van der Waals surface area contributed by atoms with E-state index in [1.165, 1.54) is 0 Å². The van der Waals surface area contributed by atoms with Crippen LogP contribution in [0.2, 0.25) is 0 Å². The fourth-order valence-electron chi connectivity index (χ4n) is 1.83. The summed E-state index contributed by atoms with van der Waals surface area (Å²) in [6, 6.07) is 5.92. The quantitative estimate of drug-likeness (QED) is 0.880. The molecule has 4 nitrogen and oxygen atoms in total. The minimum Gasteiger partial charge on any atom is -0.496 e. The summed E-state index contributed by atoms with van der Waals surface area (Å²) >= 11 is 0. The van der Waals surface area contributed by atoms with Crippen LogP contribution in [0, 0.1) is 20.8 Å². The van der Waals surface area contributed by atoms with Gasteiger partial charge in [0.1, 0.15) is 17.3 Å². The normalized spacial score (nSPS) is 10.4. The first kappa shape index (κ1) is 12.4. The number of aromatic nitrogens is 2. The van der Waals surface area contributed by atoms with Crippen LogP contribution in [0.25, 0.3) is 11.3 Å². The molecule has 0 atom stereocenters. The first-order valence-electron chi connectivity index (χ1n) is 5.78. The van der Waals surface area contributed by atoms with E-state index in [1.54, 1.807) is 7.11 Å². The van der Waals surface area contributed by atoms with E-state index < -0.39 is 0 Å². The third-order valence-corrected chi connectivity index (χ3v) is 2.94. The summed E-state index contributed by atoms with van der Waals surface area (Å²) in [6.45, 7) is 5.84. The fraction of sp³-hybridized carbons (Fsp3) is 0.286. The summed E-state index contributed by atoms with van der Waals surface area (Å²) in [4.78, 5) is 8.84. The molecule has 0 fully saturated rings. The van der Waals surface area contributed by atoms with Crippen molar-refractivity contribution in [1.82, 2.24) is 9.97 Å². The van der Waals surface area contributed by atoms with Crippen LogP contribution < -0.4 is 10.5 Å². The van der Waals surface area contributed by atoms with Gasteiger partial charge in [-0.05, 0) is 32.9 Å². The highest BCUT2D eigenvalue weighted by Crippen LogP contribution is 2.32. The van der Waals surface area contributed by atoms with Gasteiger partial charge in [0.25, 0.3) is 0 Å². The molecule has 0 amide bonds. The Morgan fingerprint density at radius 3 is 2.39 bits per heavy atom. The number of ether oxygens (including phenoxy) is 1. The van der Waals surface area contributed by atoms with Gasteiger partial charge in [-0.15, -0.1) is 0 Å². The Morgan fingerprint density at radius 1 is 1.06 bits per heavy atom. The van der Waals surface area contributed by atoms with E-state index in [1.807, 2.05) is 39.0 Å². The molecule has 0 unspecified atom stereocenters. The maximum atomic E-state index is 5.97. The molecule has 1 heterocycles. The Balaban J connectivity index is 2.68. The molecule has 0 aliphatic carbocycles. The van der Waals surface area contributed by atoms with E-state index in [9.17, 15) is 0 Å². The van der Waals surface area contributed by atoms with Crippen molar-refractivity contribution < 1.29 is 4.74 Å². The molecule has 4 heteroatoms. The number of methoxy groups -OCH3 is 1. The van der Waals surface area contributed by atoms with Crippen LogP contribution in [0.3, 0.4) is 0 Å². The lowest BCUT2D eigenvalue weighted by Gasteiger charge is -2.12. The number of aryl methyl sites for hydroxylation is 3. The summed E-state index contributed by atoms with van der Waals surface area (Å²) in [5.74, 6) is 1.19. The molecule has 1 aromatic heterocycles. The van der Waals surface area contributed by atoms with Crippen molar-refractivity contribution in [3.8, 4) is 17.0 Å². The minimum absolute atomic E-state index is 0.432. The van der Waals surface area contributed by atoms with Crippen LogP contribution >= 0.6 is 0 Å². The largest absolute Gasteiger partial charge is 0.496 e. The lowest BCUT2D eigenvalue weighted by molar-refractivity contribution is 0.416. The Morgan fingerprint density at radius 2 is 1.72 bits per heavy atom. The number of nitrogens with zero attached hydrogens (tertiary/aromatic N) is 2. The predicted molar refractivity (Wildman–Crippen MR) is 72.6 cm³/mol. The summed E-state index contributed by atoms with van der Waals surface area (Å²) in [5.41, 5.74) is 10.4. The lowest BCUT2D eigenvalue weighted by Crippen LogP contribution is -2.03. The molecule has 0 aliphatic rings. The molecule has 2 rings (SSSR count). The summed E-state index contributed by atoms with van der Waals surface area (Å²) in [7, 11) is 1.64. The summed E-state index contributed by atoms with van der Waals surface area (Å²) in [5, 5.41) is 0. The van der Waals surface area contributed by atoms with Crippen molar-refractivity contribution in [2.24, 2.45) is 0 Å². The molecule has 0 spiro atoms. The van der Waals surface area contributed by atoms with Crippen LogP contribution in [0.15, 0.2) is 18.2 Å². The predicted octanol–water partition coefficient (Wildman–Crippen LogP) is 2.66. The Kier molecular flexibility index (Phi) is 3.19. The monoisotopic (exact) mass is 243 g/mol. The molecule has 0 saturated heterocycles. The molecule has 0 radical (unpaired) electrons. The molecular formula is C14H17N3O. The molecule has 0 aliphatic heterocycles. The number of nitrogen functional groups attached to an aromatic ring is 1. The number of nitrogens with two attached hydrogens (primary N) is 1. The molecule has 18 heavy (non-hydrogen) atoms. The first-order valence-corrected chi connectivity index (χ1v) is 5.78. The van der Waals surface area contributed by atoms with Crippen LogP contribution in [-0.2, 0) is 0 Å². The Labute approximate surface area is 107 Å². The van der Waals surface area contributed by atoms with Crippen molar-refractivity contribution >= 4 is 5.82 Å². The van der Waals surface area contributed by atoms with Crippen molar-refractivity contribution in [2.75, 3.05) is 12.8 Å². The van der Waals surface area contributed by atoms with Gasteiger partial charge in [0.15, 0.2) is 0 Å². The number of hydrogen-bond donors (Lipinski definition) is 1. The van der Waals surface area contributed by atoms with Crippen LogP contribution in [0.4, 0.5) is 5.82 Å². The van der Waals surface area contributed by atoms with Gasteiger partial charge in [-0.3, -0.25) is 0 Å². The van der Waals surface area contributed by atoms with Gasteiger partial charge < -0.3 is 10.5 Å². The first-order chi connectivity index (χ1) is 8.52. The lowest BCUT2D eigenvalue weighted by atomic mass is 10.1. The number of rotatable bonds is 2. The second kappa shape index (κ2) is 4.64. The molecule has 0 saturated carbocycles. The van der Waals surface area contributed by atoms with Gasteiger partial charge in [0, 0.05) is 5.56 Å². The third kappa shape index (κ3) is 2.14. The van der Waals surface area contributed by atoms with Crippen LogP contribution in [-0.4, -0.2) is 17.1 Å². The highest BCUT2D eigenvalue weighted by Gasteiger charge is 2.13. The number of anilines is 1. The van der Waals surface area contributed by atoms with Gasteiger partial charge >= 0.3 is 0 Å². The minimum atomic E-state index is 0.432. The Hall–Kier alpha value is -2.10. The second-order valence-electron chi connectivity index (χ2n) is 4.33. The van der Waals surface area contributed by atoms with E-state index in [0.29, 0.717) is 11.5 Å². The van der Waals surface area contributed by atoms with Gasteiger partial charge in [-0.2, -0.15) is 0 Å². The van der Waals surface area contributed by atoms with Gasteiger partial charge in [-0.1, -0.05) is 11.6 Å². The van der Waals surface area contributed by atoms with Crippen molar-refractivity contribution in [3.63, 3.8) is 0 Å². The molecule has 1 aromatic carbocycles. The van der Waals surface area contributed by atoms with E-state index in [0.717, 1.165) is 28.3 Å². The van der Waals surface area contributed by atoms with E-state index >= 15 is 0 Å². The van der Waals surface area contributed by atoms with Crippen LogP contribution in [0.5, 0.6) is 5.75 Å². The molecule has 0 bridgehead atoms. The average molecular weight is 243 g/mol. The van der Waals surface area contributed by atoms with Crippen molar-refractivity contribution in [3.05, 3.63) is 35.2 Å². The standard InChI is InChI=1S/C14H17N3O/c1-8-5-6-12(18-4)11(7-8)13-14(15)17-10(3)9(2)16-13/h5-7H,1-4H3,(H2,15,17). The average Bonchev–Trinajstić information content (AvgIpc) is 2.34. The zero-order chi connectivity index (χ0) is 13.3. The maximum absolute atomic E-state index is 5.97. The van der Waals surface area contributed by atoms with Crippen molar-refractivity contribution in [2.45, 2.75) is 20.8 Å². The second-order valence-corrected chi connectivity index (χ2v) is 4.33. The molecule has 94 valence electrons. The Bertz CT molecular complexity index is 594. The summed E-state index contributed by atoms with van der Waals surface area (Å²) in [6.07, 6.45) is 0. The third-order valence-electron chi connectivity index (χ3n) is 2.94. The van der Waals surface area contributed by atoms with E-state index in [2.05, 4.69) is 9.97 Å². The highest BCUT2D eigenvalue weighted by molar-refractivity contribution is 5.75. The smallest absolute Gasteiger partial charge is 0.150 e. The SMILES string of the molecule is COc1ccc(C)cc1-c1nc(C)c(C)nc1N. The van der Waals surface area contributed by atoms with Gasteiger partial charge in [0.05, 0.1) is 18.5 Å². The summed E-state index contributed by atoms with van der Waals surface area (Å²) < 4.78 is 5.36. The zero-order valence-electron chi connectivity index (χ0n) is 11.1. The molecule has 2 N–H and O–H groups in total. The van der Waals surface area contributed by atoms with E-state index in [4.69, 9.17) is 10.5 Å². The maximum Gasteiger partial charge on any atom is 0.150 e. The fourth-order valence-corrected chi connectivity index (χ4v) is 1.83. The van der Waals surface area contributed by atoms with E-state index in [-0.39, 0.29) is 0 Å². The number of benzene rings is 1. The number of hydrogen-bond acceptors (Lipinski definition) is 4. The van der Waals surface area contributed by atoms with Crippen LogP contribution in [0.1, 0.15) is 17.0 Å². The highest BCUT2D eigenvalue weighted by atomic mass is 16.5. The van der Waals surface area contributed by atoms with Gasteiger partial charge in [0.2, 0.25) is 0 Å².